The first-order chi connectivity index (χ1) is 7.22. The highest BCUT2D eigenvalue weighted by atomic mass is 32.2. The Kier molecular flexibility index (Phi) is 4.97. The number of nitrogens with two attached hydrogens (primary N) is 1. The van der Waals surface area contributed by atoms with Crippen molar-refractivity contribution >= 4 is 23.5 Å². The first kappa shape index (κ1) is 11.8. The number of hydrogen-bond donors (Lipinski definition) is 2. The quantitative estimate of drug-likeness (QED) is 0.741. The lowest BCUT2D eigenvalue weighted by Crippen LogP contribution is -2.22. The molecule has 0 aliphatic heterocycles. The van der Waals surface area contributed by atoms with E-state index in [4.69, 9.17) is 5.73 Å². The van der Waals surface area contributed by atoms with Gasteiger partial charge in [-0.15, -0.1) is 11.8 Å². The average molecular weight is 225 g/mol. The molecule has 1 aromatic heterocycles. The summed E-state index contributed by atoms with van der Waals surface area (Å²) in [6, 6.07) is 3.67. The third kappa shape index (κ3) is 4.69. The smallest absolute Gasteiger partial charge is 0.220 e. The second-order valence-corrected chi connectivity index (χ2v) is 4.14. The number of carbonyl (C=O) groups excluding carboxylic acids is 1. The monoisotopic (exact) mass is 225 g/mol. The summed E-state index contributed by atoms with van der Waals surface area (Å²) in [5, 5.41) is 2.75. The molecule has 0 bridgehead atoms. The lowest BCUT2D eigenvalue weighted by molar-refractivity contribution is -0.120. The number of pyridine rings is 1. The number of carbonyl (C=O) groups is 1. The molecule has 5 heteroatoms. The number of amides is 1. The van der Waals surface area contributed by atoms with Crippen molar-refractivity contribution in [2.45, 2.75) is 18.2 Å². The van der Waals surface area contributed by atoms with E-state index in [0.29, 0.717) is 18.8 Å². The van der Waals surface area contributed by atoms with Gasteiger partial charge in [0, 0.05) is 29.8 Å². The van der Waals surface area contributed by atoms with Crippen LogP contribution in [0.4, 0.5) is 5.82 Å². The Bertz CT molecular complexity index is 313. The van der Waals surface area contributed by atoms with Crippen molar-refractivity contribution in [3.8, 4) is 0 Å². The van der Waals surface area contributed by atoms with E-state index in [9.17, 15) is 4.79 Å². The minimum absolute atomic E-state index is 0.0911. The Labute approximate surface area is 93.7 Å². The van der Waals surface area contributed by atoms with Gasteiger partial charge in [-0.1, -0.05) is 0 Å². The van der Waals surface area contributed by atoms with Gasteiger partial charge in [0.2, 0.25) is 5.91 Å². The summed E-state index contributed by atoms with van der Waals surface area (Å²) in [7, 11) is 0. The highest BCUT2D eigenvalue weighted by Gasteiger charge is 2.00. The summed E-state index contributed by atoms with van der Waals surface area (Å²) in [5.74, 6) is 1.37. The molecular weight excluding hydrogens is 210 g/mol. The highest BCUT2D eigenvalue weighted by Crippen LogP contribution is 2.17. The van der Waals surface area contributed by atoms with E-state index >= 15 is 0 Å². The molecule has 0 aliphatic rings. The van der Waals surface area contributed by atoms with Gasteiger partial charge in [-0.2, -0.15) is 0 Å². The van der Waals surface area contributed by atoms with Gasteiger partial charge in [-0.25, -0.2) is 4.98 Å². The average Bonchev–Trinajstić information content (AvgIpc) is 2.21. The molecule has 0 unspecified atom stereocenters. The van der Waals surface area contributed by atoms with Gasteiger partial charge in [0.1, 0.15) is 5.82 Å². The summed E-state index contributed by atoms with van der Waals surface area (Å²) >= 11 is 1.60. The Morgan fingerprint density at radius 3 is 3.00 bits per heavy atom. The highest BCUT2D eigenvalue weighted by molar-refractivity contribution is 7.99. The molecule has 15 heavy (non-hydrogen) atoms. The molecule has 3 N–H and O–H groups in total. The summed E-state index contributed by atoms with van der Waals surface area (Å²) in [5.41, 5.74) is 5.46. The Hall–Kier alpha value is -1.23. The number of hydrogen-bond acceptors (Lipinski definition) is 4. The van der Waals surface area contributed by atoms with Crippen molar-refractivity contribution in [3.05, 3.63) is 18.3 Å². The third-order valence-corrected chi connectivity index (χ3v) is 2.71. The number of thioether (sulfide) groups is 1. The minimum atomic E-state index is 0.0911. The summed E-state index contributed by atoms with van der Waals surface area (Å²) < 4.78 is 0. The first-order valence-electron chi connectivity index (χ1n) is 4.83. The predicted octanol–water partition coefficient (Wildman–Crippen LogP) is 1.28. The maximum absolute atomic E-state index is 11.1. The zero-order valence-corrected chi connectivity index (χ0v) is 9.51. The molecule has 0 aliphatic carbocycles. The predicted molar refractivity (Wildman–Crippen MR) is 62.7 cm³/mol. The molecule has 0 fully saturated rings. The van der Waals surface area contributed by atoms with Crippen LogP contribution in [0.15, 0.2) is 23.2 Å². The van der Waals surface area contributed by atoms with Crippen molar-refractivity contribution in [2.75, 3.05) is 18.0 Å². The van der Waals surface area contributed by atoms with Crippen molar-refractivity contribution in [1.29, 1.82) is 0 Å². The second kappa shape index (κ2) is 6.29. The van der Waals surface area contributed by atoms with Crippen molar-refractivity contribution in [1.82, 2.24) is 10.3 Å². The molecule has 0 atom stereocenters. The number of nitrogen functional groups attached to an aromatic ring is 1. The van der Waals surface area contributed by atoms with Crippen LogP contribution in [0.25, 0.3) is 0 Å². The van der Waals surface area contributed by atoms with Crippen LogP contribution in [0.3, 0.4) is 0 Å². The SMILES string of the molecule is CCNC(=O)CCSc1ccc(N)nc1. The van der Waals surface area contributed by atoms with E-state index in [1.807, 2.05) is 13.0 Å². The van der Waals surface area contributed by atoms with Gasteiger partial charge < -0.3 is 11.1 Å². The fourth-order valence-electron chi connectivity index (χ4n) is 1.02. The van der Waals surface area contributed by atoms with Crippen LogP contribution in [0.5, 0.6) is 0 Å². The number of aromatic nitrogens is 1. The number of nitrogens with one attached hydrogen (secondary N) is 1. The van der Waals surface area contributed by atoms with Crippen molar-refractivity contribution in [3.63, 3.8) is 0 Å². The van der Waals surface area contributed by atoms with E-state index < -0.39 is 0 Å². The second-order valence-electron chi connectivity index (χ2n) is 2.97. The molecule has 1 amide bonds. The maximum atomic E-state index is 11.1. The van der Waals surface area contributed by atoms with Gasteiger partial charge in [-0.3, -0.25) is 4.79 Å². The number of rotatable bonds is 5. The molecule has 0 saturated carbocycles. The summed E-state index contributed by atoms with van der Waals surface area (Å²) in [4.78, 5) is 16.1. The fourth-order valence-corrected chi connectivity index (χ4v) is 1.84. The Morgan fingerprint density at radius 2 is 2.40 bits per heavy atom. The van der Waals surface area contributed by atoms with Gasteiger partial charge in [0.25, 0.3) is 0 Å². The van der Waals surface area contributed by atoms with Gasteiger partial charge in [0.15, 0.2) is 0 Å². The minimum Gasteiger partial charge on any atom is -0.384 e. The Morgan fingerprint density at radius 1 is 1.60 bits per heavy atom. The maximum Gasteiger partial charge on any atom is 0.220 e. The third-order valence-electron chi connectivity index (χ3n) is 1.73. The summed E-state index contributed by atoms with van der Waals surface area (Å²) in [6.07, 6.45) is 2.25. The molecular formula is C10H15N3OS. The fraction of sp³-hybridized carbons (Fsp3) is 0.400. The van der Waals surface area contributed by atoms with E-state index in [1.54, 1.807) is 24.0 Å². The van der Waals surface area contributed by atoms with E-state index in [-0.39, 0.29) is 5.91 Å². The molecule has 1 aromatic rings. The van der Waals surface area contributed by atoms with Crippen molar-refractivity contribution < 1.29 is 4.79 Å². The molecule has 4 nitrogen and oxygen atoms in total. The van der Waals surface area contributed by atoms with Crippen LogP contribution in [-0.2, 0) is 4.79 Å². The number of nitrogens with zero attached hydrogens (tertiary/aromatic N) is 1. The largest absolute Gasteiger partial charge is 0.384 e. The summed E-state index contributed by atoms with van der Waals surface area (Å²) in [6.45, 7) is 2.60. The molecule has 1 heterocycles. The Balaban J connectivity index is 2.26. The van der Waals surface area contributed by atoms with E-state index in [1.165, 1.54) is 0 Å². The van der Waals surface area contributed by atoms with Crippen LogP contribution in [-0.4, -0.2) is 23.2 Å². The number of anilines is 1. The molecule has 82 valence electrons. The van der Waals surface area contributed by atoms with Crippen molar-refractivity contribution in [2.24, 2.45) is 0 Å². The lowest BCUT2D eigenvalue weighted by Gasteiger charge is -2.02. The molecule has 0 aromatic carbocycles. The zero-order chi connectivity index (χ0) is 11.1. The normalized spacial score (nSPS) is 9.93. The zero-order valence-electron chi connectivity index (χ0n) is 8.69. The van der Waals surface area contributed by atoms with Crippen LogP contribution in [0, 0.1) is 0 Å². The van der Waals surface area contributed by atoms with Gasteiger partial charge in [-0.05, 0) is 19.1 Å². The van der Waals surface area contributed by atoms with Crippen LogP contribution in [0.1, 0.15) is 13.3 Å². The van der Waals surface area contributed by atoms with E-state index in [0.717, 1.165) is 10.6 Å². The molecule has 0 radical (unpaired) electrons. The molecule has 0 spiro atoms. The van der Waals surface area contributed by atoms with Gasteiger partial charge >= 0.3 is 0 Å². The lowest BCUT2D eigenvalue weighted by atomic mass is 10.4. The van der Waals surface area contributed by atoms with Gasteiger partial charge in [0.05, 0.1) is 0 Å². The first-order valence-corrected chi connectivity index (χ1v) is 5.82. The van der Waals surface area contributed by atoms with Crippen LogP contribution < -0.4 is 11.1 Å². The molecule has 1 rings (SSSR count). The van der Waals surface area contributed by atoms with Crippen LogP contribution in [0.2, 0.25) is 0 Å². The van der Waals surface area contributed by atoms with E-state index in [2.05, 4.69) is 10.3 Å². The molecule has 0 saturated heterocycles. The standard InChI is InChI=1S/C10H15N3OS/c1-2-12-10(14)5-6-15-8-3-4-9(11)13-7-8/h3-4,7H,2,5-6H2,1H3,(H2,11,13)(H,12,14). The van der Waals surface area contributed by atoms with Crippen LogP contribution >= 0.6 is 11.8 Å². The topological polar surface area (TPSA) is 68.0 Å².